The van der Waals surface area contributed by atoms with Gasteiger partial charge in [-0.1, -0.05) is 23.7 Å². The van der Waals surface area contributed by atoms with Crippen molar-refractivity contribution < 1.29 is 0 Å². The predicted octanol–water partition coefficient (Wildman–Crippen LogP) is 3.83. The highest BCUT2D eigenvalue weighted by molar-refractivity contribution is 7.99. The molecular weight excluding hydrogens is 316 g/mol. The molecule has 1 N–H and O–H groups in total. The molecule has 1 aromatic carbocycles. The predicted molar refractivity (Wildman–Crippen MR) is 93.9 cm³/mol. The molecule has 112 valence electrons. The Balaban J connectivity index is 1.76. The molecule has 3 heterocycles. The standard InChI is InChI=1S/C16H15ClN4S/c17-12-10-18-15(21-5-7-22-8-6-21)9-11(12)16-19-13-3-1-2-4-14(13)20-16/h1-4,9-10H,5-8H2,(H,19,20). The van der Waals surface area contributed by atoms with Crippen LogP contribution in [-0.2, 0) is 0 Å². The van der Waals surface area contributed by atoms with Crippen molar-refractivity contribution in [3.63, 3.8) is 0 Å². The molecule has 4 nitrogen and oxygen atoms in total. The molecule has 6 heteroatoms. The molecule has 0 amide bonds. The molecular formula is C16H15ClN4S. The van der Waals surface area contributed by atoms with Gasteiger partial charge in [-0.05, 0) is 18.2 Å². The van der Waals surface area contributed by atoms with Crippen molar-refractivity contribution in [1.29, 1.82) is 0 Å². The van der Waals surface area contributed by atoms with Gasteiger partial charge in [0.2, 0.25) is 0 Å². The summed E-state index contributed by atoms with van der Waals surface area (Å²) < 4.78 is 0. The molecule has 1 aliphatic heterocycles. The number of nitrogens with zero attached hydrogens (tertiary/aromatic N) is 3. The van der Waals surface area contributed by atoms with Gasteiger partial charge in [0.1, 0.15) is 11.6 Å². The van der Waals surface area contributed by atoms with E-state index in [4.69, 9.17) is 11.6 Å². The number of benzene rings is 1. The molecule has 3 aromatic rings. The number of H-pyrrole nitrogens is 1. The highest BCUT2D eigenvalue weighted by atomic mass is 35.5. The Labute approximate surface area is 137 Å². The van der Waals surface area contributed by atoms with Gasteiger partial charge in [-0.15, -0.1) is 0 Å². The van der Waals surface area contributed by atoms with Gasteiger partial charge in [-0.2, -0.15) is 11.8 Å². The fourth-order valence-electron chi connectivity index (χ4n) is 2.65. The number of aromatic amines is 1. The summed E-state index contributed by atoms with van der Waals surface area (Å²) in [4.78, 5) is 14.8. The first-order valence-corrected chi connectivity index (χ1v) is 8.78. The van der Waals surface area contributed by atoms with E-state index in [1.54, 1.807) is 6.20 Å². The third-order valence-electron chi connectivity index (χ3n) is 3.82. The normalized spacial score (nSPS) is 15.4. The Morgan fingerprint density at radius 1 is 1.18 bits per heavy atom. The van der Waals surface area contributed by atoms with Crippen molar-refractivity contribution in [2.24, 2.45) is 0 Å². The van der Waals surface area contributed by atoms with Gasteiger partial charge in [-0.3, -0.25) is 0 Å². The summed E-state index contributed by atoms with van der Waals surface area (Å²) >= 11 is 8.34. The number of aromatic nitrogens is 3. The zero-order valence-electron chi connectivity index (χ0n) is 11.9. The van der Waals surface area contributed by atoms with Crippen LogP contribution in [0, 0.1) is 0 Å². The maximum atomic E-state index is 6.35. The third kappa shape index (κ3) is 2.55. The number of imidazole rings is 1. The summed E-state index contributed by atoms with van der Waals surface area (Å²) in [5.41, 5.74) is 2.86. The van der Waals surface area contributed by atoms with Crippen molar-refractivity contribution in [2.75, 3.05) is 29.5 Å². The minimum atomic E-state index is 0.620. The van der Waals surface area contributed by atoms with Crippen molar-refractivity contribution in [3.05, 3.63) is 41.6 Å². The lowest BCUT2D eigenvalue weighted by Gasteiger charge is -2.27. The average molecular weight is 331 g/mol. The van der Waals surface area contributed by atoms with Crippen molar-refractivity contribution >= 4 is 40.2 Å². The van der Waals surface area contributed by atoms with E-state index in [1.165, 1.54) is 0 Å². The van der Waals surface area contributed by atoms with E-state index in [-0.39, 0.29) is 0 Å². The summed E-state index contributed by atoms with van der Waals surface area (Å²) in [5, 5.41) is 0.620. The van der Waals surface area contributed by atoms with Crippen LogP contribution >= 0.6 is 23.4 Å². The van der Waals surface area contributed by atoms with Gasteiger partial charge in [0, 0.05) is 36.4 Å². The molecule has 1 saturated heterocycles. The molecule has 0 unspecified atom stereocenters. The molecule has 0 atom stereocenters. The van der Waals surface area contributed by atoms with Gasteiger partial charge in [0.25, 0.3) is 0 Å². The molecule has 4 rings (SSSR count). The summed E-state index contributed by atoms with van der Waals surface area (Å²) in [5.74, 6) is 4.05. The van der Waals surface area contributed by atoms with E-state index < -0.39 is 0 Å². The summed E-state index contributed by atoms with van der Waals surface area (Å²) in [6, 6.07) is 10.0. The van der Waals surface area contributed by atoms with Crippen LogP contribution in [0.5, 0.6) is 0 Å². The van der Waals surface area contributed by atoms with Gasteiger partial charge in [0.05, 0.1) is 16.1 Å². The molecule has 0 spiro atoms. The van der Waals surface area contributed by atoms with E-state index >= 15 is 0 Å². The quantitative estimate of drug-likeness (QED) is 0.775. The first-order valence-electron chi connectivity index (χ1n) is 7.24. The Morgan fingerprint density at radius 3 is 2.82 bits per heavy atom. The Bertz CT molecular complexity index is 778. The van der Waals surface area contributed by atoms with Crippen LogP contribution in [-0.4, -0.2) is 39.5 Å². The highest BCUT2D eigenvalue weighted by Gasteiger charge is 2.16. The largest absolute Gasteiger partial charge is 0.355 e. The van der Waals surface area contributed by atoms with E-state index in [0.29, 0.717) is 5.02 Å². The zero-order valence-corrected chi connectivity index (χ0v) is 13.5. The van der Waals surface area contributed by atoms with Crippen LogP contribution in [0.2, 0.25) is 5.02 Å². The van der Waals surface area contributed by atoms with Crippen LogP contribution < -0.4 is 4.90 Å². The molecule has 22 heavy (non-hydrogen) atoms. The molecule has 0 aliphatic carbocycles. The first-order chi connectivity index (χ1) is 10.8. The first kappa shape index (κ1) is 13.9. The van der Waals surface area contributed by atoms with Crippen molar-refractivity contribution in [3.8, 4) is 11.4 Å². The minimum Gasteiger partial charge on any atom is -0.355 e. The van der Waals surface area contributed by atoms with Crippen molar-refractivity contribution in [1.82, 2.24) is 15.0 Å². The fraction of sp³-hybridized carbons (Fsp3) is 0.250. The van der Waals surface area contributed by atoms with Crippen LogP contribution in [0.25, 0.3) is 22.4 Å². The Morgan fingerprint density at radius 2 is 2.00 bits per heavy atom. The molecule has 1 aliphatic rings. The number of thioether (sulfide) groups is 1. The highest BCUT2D eigenvalue weighted by Crippen LogP contribution is 2.30. The van der Waals surface area contributed by atoms with E-state index in [9.17, 15) is 0 Å². The summed E-state index contributed by atoms with van der Waals surface area (Å²) in [6.45, 7) is 2.05. The van der Waals surface area contributed by atoms with Crippen LogP contribution in [0.15, 0.2) is 36.5 Å². The number of hydrogen-bond acceptors (Lipinski definition) is 4. The molecule has 2 aromatic heterocycles. The minimum absolute atomic E-state index is 0.620. The second-order valence-electron chi connectivity index (χ2n) is 5.22. The monoisotopic (exact) mass is 330 g/mol. The summed E-state index contributed by atoms with van der Waals surface area (Å²) in [6.07, 6.45) is 1.72. The summed E-state index contributed by atoms with van der Waals surface area (Å²) in [7, 11) is 0. The van der Waals surface area contributed by atoms with E-state index in [2.05, 4.69) is 19.9 Å². The molecule has 0 saturated carbocycles. The van der Waals surface area contributed by atoms with Crippen LogP contribution in [0.1, 0.15) is 0 Å². The lowest BCUT2D eigenvalue weighted by atomic mass is 10.2. The van der Waals surface area contributed by atoms with Gasteiger partial charge in [0.15, 0.2) is 0 Å². The lowest BCUT2D eigenvalue weighted by Crippen LogP contribution is -2.33. The van der Waals surface area contributed by atoms with Gasteiger partial charge < -0.3 is 9.88 Å². The zero-order chi connectivity index (χ0) is 14.9. The van der Waals surface area contributed by atoms with Crippen LogP contribution in [0.4, 0.5) is 5.82 Å². The number of pyridine rings is 1. The number of fused-ring (bicyclic) bond motifs is 1. The number of anilines is 1. The number of hydrogen-bond donors (Lipinski definition) is 1. The number of para-hydroxylation sites is 2. The van der Waals surface area contributed by atoms with Gasteiger partial charge >= 0.3 is 0 Å². The second kappa shape index (κ2) is 5.82. The van der Waals surface area contributed by atoms with Gasteiger partial charge in [-0.25, -0.2) is 9.97 Å². The number of nitrogens with one attached hydrogen (secondary N) is 1. The lowest BCUT2D eigenvalue weighted by molar-refractivity contribution is 0.839. The van der Waals surface area contributed by atoms with Crippen molar-refractivity contribution in [2.45, 2.75) is 0 Å². The maximum absolute atomic E-state index is 6.35. The topological polar surface area (TPSA) is 44.8 Å². The second-order valence-corrected chi connectivity index (χ2v) is 6.86. The molecule has 1 fully saturated rings. The SMILES string of the molecule is Clc1cnc(N2CCSCC2)cc1-c1nc2ccccc2[nH]1. The fourth-order valence-corrected chi connectivity index (χ4v) is 3.75. The van der Waals surface area contributed by atoms with E-state index in [1.807, 2.05) is 42.1 Å². The van der Waals surface area contributed by atoms with Crippen LogP contribution in [0.3, 0.4) is 0 Å². The third-order valence-corrected chi connectivity index (χ3v) is 5.06. The number of halogens is 1. The maximum Gasteiger partial charge on any atom is 0.140 e. The molecule has 0 radical (unpaired) electrons. The van der Waals surface area contributed by atoms with E-state index in [0.717, 1.165) is 52.8 Å². The Kier molecular flexibility index (Phi) is 3.68. The average Bonchev–Trinajstić information content (AvgIpc) is 3.00. The Hall–Kier alpha value is -1.72. The number of rotatable bonds is 2. The smallest absolute Gasteiger partial charge is 0.140 e. The molecule has 0 bridgehead atoms.